The van der Waals surface area contributed by atoms with Crippen LogP contribution < -0.4 is 10.5 Å². The van der Waals surface area contributed by atoms with Crippen molar-refractivity contribution in [3.05, 3.63) is 94.3 Å². The van der Waals surface area contributed by atoms with E-state index in [0.717, 1.165) is 46.1 Å². The second-order valence-electron chi connectivity index (χ2n) is 7.88. The number of thioether (sulfide) groups is 1. The first-order valence-electron chi connectivity index (χ1n) is 10.4. The summed E-state index contributed by atoms with van der Waals surface area (Å²) >= 11 is 1.06. The average molecular weight is 464 g/mol. The minimum Gasteiger partial charge on any atom is -0.308 e. The Morgan fingerprint density at radius 2 is 1.82 bits per heavy atom. The van der Waals surface area contributed by atoms with Crippen molar-refractivity contribution < 1.29 is 13.6 Å². The number of hydrogen-bond donors (Lipinski definition) is 0. The molecule has 1 atom stereocenters. The molecule has 4 aromatic rings. The van der Waals surface area contributed by atoms with Gasteiger partial charge in [-0.15, -0.1) is 0 Å². The molecule has 0 radical (unpaired) electrons. The Morgan fingerprint density at radius 3 is 2.64 bits per heavy atom. The second kappa shape index (κ2) is 8.44. The number of rotatable bonds is 4. The third-order valence-corrected chi connectivity index (χ3v) is 6.62. The fraction of sp³-hybridized carbons (Fsp3) is 0.160. The summed E-state index contributed by atoms with van der Waals surface area (Å²) in [6.07, 6.45) is 0.770. The Morgan fingerprint density at radius 1 is 1.06 bits per heavy atom. The lowest BCUT2D eigenvalue weighted by atomic mass is 10.1. The first kappa shape index (κ1) is 21.3. The van der Waals surface area contributed by atoms with Gasteiger partial charge in [-0.1, -0.05) is 42.1 Å². The van der Waals surface area contributed by atoms with Crippen molar-refractivity contribution in [1.29, 1.82) is 0 Å². The van der Waals surface area contributed by atoms with Crippen LogP contribution >= 0.6 is 11.8 Å². The molecule has 3 aromatic carbocycles. The molecule has 1 amide bonds. The van der Waals surface area contributed by atoms with Crippen molar-refractivity contribution in [2.75, 3.05) is 10.7 Å². The zero-order valence-electron chi connectivity index (χ0n) is 17.7. The van der Waals surface area contributed by atoms with Crippen LogP contribution in [0.1, 0.15) is 12.5 Å². The molecule has 8 heteroatoms. The van der Waals surface area contributed by atoms with Crippen LogP contribution in [-0.2, 0) is 11.2 Å². The van der Waals surface area contributed by atoms with Gasteiger partial charge in [0.15, 0.2) is 5.16 Å². The van der Waals surface area contributed by atoms with E-state index in [1.54, 1.807) is 29.2 Å². The summed E-state index contributed by atoms with van der Waals surface area (Å²) in [5, 5.41) is 0.469. The lowest BCUT2D eigenvalue weighted by molar-refractivity contribution is -0.116. The number of carbonyl (C=O) groups is 1. The van der Waals surface area contributed by atoms with E-state index in [2.05, 4.69) is 4.98 Å². The standard InChI is InChI=1S/C25H19F2N3O2S/c1-15-12-16-6-2-5-9-21(16)29(15)23(31)14-33-25-28-20-8-4-3-7-18(20)24(32)30(25)22-11-10-17(26)13-19(22)27/h2-11,13,15H,12,14H2,1H3/t15-/m1/s1. The van der Waals surface area contributed by atoms with Gasteiger partial charge in [0.25, 0.3) is 5.56 Å². The first-order valence-corrected chi connectivity index (χ1v) is 11.4. The van der Waals surface area contributed by atoms with E-state index in [4.69, 9.17) is 0 Å². The highest BCUT2D eigenvalue weighted by molar-refractivity contribution is 7.99. The maximum absolute atomic E-state index is 14.6. The Labute approximate surface area is 192 Å². The van der Waals surface area contributed by atoms with E-state index in [1.165, 1.54) is 6.07 Å². The number of halogens is 2. The van der Waals surface area contributed by atoms with Crippen LogP contribution in [0.3, 0.4) is 0 Å². The lowest BCUT2D eigenvalue weighted by Crippen LogP contribution is -2.37. The summed E-state index contributed by atoms with van der Waals surface area (Å²) in [7, 11) is 0. The van der Waals surface area contributed by atoms with Crippen molar-refractivity contribution in [3.63, 3.8) is 0 Å². The highest BCUT2D eigenvalue weighted by Crippen LogP contribution is 2.33. The predicted molar refractivity (Wildman–Crippen MR) is 125 cm³/mol. The molecule has 1 aliphatic rings. The van der Waals surface area contributed by atoms with Gasteiger partial charge < -0.3 is 4.90 Å². The minimum atomic E-state index is -0.885. The topological polar surface area (TPSA) is 55.2 Å². The van der Waals surface area contributed by atoms with E-state index >= 15 is 0 Å². The molecule has 0 bridgehead atoms. The SMILES string of the molecule is C[C@@H]1Cc2ccccc2N1C(=O)CSc1nc2ccccc2c(=O)n1-c1ccc(F)cc1F. The summed E-state index contributed by atoms with van der Waals surface area (Å²) < 4.78 is 29.3. The summed E-state index contributed by atoms with van der Waals surface area (Å²) in [5.74, 6) is -1.76. The van der Waals surface area contributed by atoms with Gasteiger partial charge >= 0.3 is 0 Å². The maximum Gasteiger partial charge on any atom is 0.266 e. The van der Waals surface area contributed by atoms with Crippen molar-refractivity contribution in [3.8, 4) is 5.69 Å². The monoisotopic (exact) mass is 463 g/mol. The molecule has 0 saturated heterocycles. The molecule has 0 fully saturated rings. The summed E-state index contributed by atoms with van der Waals surface area (Å²) in [6, 6.07) is 17.5. The van der Waals surface area contributed by atoms with Crippen LogP contribution in [0.15, 0.2) is 76.7 Å². The number of carbonyl (C=O) groups excluding carboxylic acids is 1. The lowest BCUT2D eigenvalue weighted by Gasteiger charge is -2.23. The van der Waals surface area contributed by atoms with Crippen LogP contribution in [0.2, 0.25) is 0 Å². The van der Waals surface area contributed by atoms with Gasteiger partial charge in [-0.05, 0) is 49.2 Å². The summed E-state index contributed by atoms with van der Waals surface area (Å²) in [5.41, 5.74) is 1.83. The van der Waals surface area contributed by atoms with Crippen LogP contribution in [0.4, 0.5) is 14.5 Å². The number of hydrogen-bond acceptors (Lipinski definition) is 4. The number of amides is 1. The molecule has 166 valence electrons. The number of nitrogens with zero attached hydrogens (tertiary/aromatic N) is 3. The van der Waals surface area contributed by atoms with Crippen molar-refractivity contribution in [2.24, 2.45) is 0 Å². The Balaban J connectivity index is 1.54. The van der Waals surface area contributed by atoms with Crippen molar-refractivity contribution in [1.82, 2.24) is 9.55 Å². The molecule has 0 saturated carbocycles. The van der Waals surface area contributed by atoms with E-state index in [0.29, 0.717) is 10.9 Å². The van der Waals surface area contributed by atoms with Gasteiger partial charge in [-0.3, -0.25) is 14.2 Å². The Kier molecular flexibility index (Phi) is 5.46. The molecule has 0 unspecified atom stereocenters. The third kappa shape index (κ3) is 3.80. The zero-order valence-corrected chi connectivity index (χ0v) is 18.5. The van der Waals surface area contributed by atoms with E-state index in [1.807, 2.05) is 31.2 Å². The molecule has 1 aromatic heterocycles. The number of para-hydroxylation sites is 2. The molecule has 5 nitrogen and oxygen atoms in total. The molecule has 0 aliphatic carbocycles. The molecule has 0 spiro atoms. The normalized spacial score (nSPS) is 15.1. The molecular weight excluding hydrogens is 444 g/mol. The highest BCUT2D eigenvalue weighted by atomic mass is 32.2. The second-order valence-corrected chi connectivity index (χ2v) is 8.82. The zero-order chi connectivity index (χ0) is 23.1. The molecule has 0 N–H and O–H groups in total. The van der Waals surface area contributed by atoms with Gasteiger partial charge in [-0.25, -0.2) is 13.8 Å². The maximum atomic E-state index is 14.6. The van der Waals surface area contributed by atoms with Crippen molar-refractivity contribution >= 4 is 34.3 Å². The number of fused-ring (bicyclic) bond motifs is 2. The summed E-state index contributed by atoms with van der Waals surface area (Å²) in [4.78, 5) is 32.7. The summed E-state index contributed by atoms with van der Waals surface area (Å²) in [6.45, 7) is 1.99. The fourth-order valence-electron chi connectivity index (χ4n) is 4.23. The van der Waals surface area contributed by atoms with E-state index in [-0.39, 0.29) is 28.5 Å². The smallest absolute Gasteiger partial charge is 0.266 e. The average Bonchev–Trinajstić information content (AvgIpc) is 3.14. The van der Waals surface area contributed by atoms with Crippen LogP contribution in [0, 0.1) is 11.6 Å². The van der Waals surface area contributed by atoms with Gasteiger partial charge in [0.1, 0.15) is 11.6 Å². The van der Waals surface area contributed by atoms with Gasteiger partial charge in [0, 0.05) is 17.8 Å². The molecule has 5 rings (SSSR count). The predicted octanol–water partition coefficient (Wildman–Crippen LogP) is 4.73. The fourth-order valence-corrected chi connectivity index (χ4v) is 5.09. The van der Waals surface area contributed by atoms with Crippen LogP contribution in [0.5, 0.6) is 0 Å². The third-order valence-electron chi connectivity index (χ3n) is 5.70. The largest absolute Gasteiger partial charge is 0.308 e. The minimum absolute atomic E-state index is 0.00622. The van der Waals surface area contributed by atoms with Gasteiger partial charge in [-0.2, -0.15) is 0 Å². The van der Waals surface area contributed by atoms with Crippen LogP contribution in [-0.4, -0.2) is 27.3 Å². The Hall–Kier alpha value is -3.52. The quantitative estimate of drug-likeness (QED) is 0.324. The first-order chi connectivity index (χ1) is 15.9. The molecule has 33 heavy (non-hydrogen) atoms. The van der Waals surface area contributed by atoms with Crippen LogP contribution in [0.25, 0.3) is 16.6 Å². The van der Waals surface area contributed by atoms with Gasteiger partial charge in [0.05, 0.1) is 22.3 Å². The number of aromatic nitrogens is 2. The number of benzene rings is 3. The number of anilines is 1. The van der Waals surface area contributed by atoms with Gasteiger partial charge in [0.2, 0.25) is 5.91 Å². The molecule has 1 aliphatic heterocycles. The molecule has 2 heterocycles. The highest BCUT2D eigenvalue weighted by Gasteiger charge is 2.30. The Bertz CT molecular complexity index is 1450. The van der Waals surface area contributed by atoms with Crippen molar-refractivity contribution in [2.45, 2.75) is 24.5 Å². The van der Waals surface area contributed by atoms with E-state index < -0.39 is 17.2 Å². The molecular formula is C25H19F2N3O2S. The van der Waals surface area contributed by atoms with E-state index in [9.17, 15) is 18.4 Å².